The molecule has 9 heteroatoms. The lowest BCUT2D eigenvalue weighted by atomic mass is 10.2. The number of amides is 1. The lowest BCUT2D eigenvalue weighted by molar-refractivity contribution is -0.130. The Kier molecular flexibility index (Phi) is 6.88. The summed E-state index contributed by atoms with van der Waals surface area (Å²) in [5.41, 5.74) is 0.613. The van der Waals surface area contributed by atoms with E-state index in [4.69, 9.17) is 27.9 Å². The largest absolute Gasteiger partial charge is 0.484 e. The van der Waals surface area contributed by atoms with Gasteiger partial charge in [-0.15, -0.1) is 0 Å². The van der Waals surface area contributed by atoms with Gasteiger partial charge < -0.3 is 9.64 Å². The molecule has 2 aromatic rings. The normalized spacial score (nSPS) is 11.2. The van der Waals surface area contributed by atoms with Gasteiger partial charge in [0.2, 0.25) is 10.0 Å². The molecule has 0 radical (unpaired) electrons. The molecular weight excluding hydrogens is 399 g/mol. The maximum atomic E-state index is 12.4. The highest BCUT2D eigenvalue weighted by molar-refractivity contribution is 7.89. The van der Waals surface area contributed by atoms with E-state index in [0.29, 0.717) is 21.4 Å². The number of likely N-dealkylation sites (N-methyl/N-ethyl adjacent to an activating group) is 1. The second-order valence-electron chi connectivity index (χ2n) is 5.61. The van der Waals surface area contributed by atoms with Crippen molar-refractivity contribution in [2.24, 2.45) is 0 Å². The molecule has 0 saturated carbocycles. The summed E-state index contributed by atoms with van der Waals surface area (Å²) in [6, 6.07) is 10.6. The predicted octanol–water partition coefficient (Wildman–Crippen LogP) is 2.94. The van der Waals surface area contributed by atoms with Gasteiger partial charge in [-0.25, -0.2) is 13.1 Å². The van der Waals surface area contributed by atoms with Crippen LogP contribution in [-0.2, 0) is 21.4 Å². The van der Waals surface area contributed by atoms with Crippen LogP contribution in [0.3, 0.4) is 0 Å². The zero-order valence-electron chi connectivity index (χ0n) is 14.2. The lowest BCUT2D eigenvalue weighted by Gasteiger charge is -2.12. The number of nitrogens with zero attached hydrogens (tertiary/aromatic N) is 1. The van der Waals surface area contributed by atoms with Gasteiger partial charge >= 0.3 is 0 Å². The van der Waals surface area contributed by atoms with Crippen molar-refractivity contribution in [2.45, 2.75) is 11.4 Å². The second kappa shape index (κ2) is 8.73. The highest BCUT2D eigenvalue weighted by Crippen LogP contribution is 2.22. The molecule has 0 spiro atoms. The molecule has 0 unspecified atom stereocenters. The van der Waals surface area contributed by atoms with Crippen molar-refractivity contribution < 1.29 is 17.9 Å². The SMILES string of the molecule is CN(C)C(=O)COc1ccc(S(=O)(=O)NCc2ccc(Cl)cc2Cl)cc1. The minimum absolute atomic E-state index is 0.0356. The Labute approximate surface area is 162 Å². The van der Waals surface area contributed by atoms with Gasteiger partial charge in [-0.2, -0.15) is 0 Å². The summed E-state index contributed by atoms with van der Waals surface area (Å²) in [4.78, 5) is 13.0. The first-order valence-electron chi connectivity index (χ1n) is 7.55. The molecule has 0 aliphatic carbocycles. The molecule has 2 rings (SSSR count). The summed E-state index contributed by atoms with van der Waals surface area (Å²) < 4.78 is 32.5. The summed E-state index contributed by atoms with van der Waals surface area (Å²) in [6.45, 7) is -0.0830. The van der Waals surface area contributed by atoms with Crippen molar-refractivity contribution in [3.63, 3.8) is 0 Å². The first-order chi connectivity index (χ1) is 12.2. The number of nitrogens with one attached hydrogen (secondary N) is 1. The molecule has 1 amide bonds. The van der Waals surface area contributed by atoms with Gasteiger partial charge in [-0.05, 0) is 42.0 Å². The quantitative estimate of drug-likeness (QED) is 0.752. The monoisotopic (exact) mass is 416 g/mol. The van der Waals surface area contributed by atoms with E-state index in [0.717, 1.165) is 0 Å². The van der Waals surface area contributed by atoms with E-state index in [2.05, 4.69) is 4.72 Å². The van der Waals surface area contributed by atoms with Crippen molar-refractivity contribution in [1.82, 2.24) is 9.62 Å². The Morgan fingerprint density at radius 3 is 2.35 bits per heavy atom. The van der Waals surface area contributed by atoms with Crippen LogP contribution in [-0.4, -0.2) is 39.9 Å². The molecule has 26 heavy (non-hydrogen) atoms. The van der Waals surface area contributed by atoms with E-state index in [9.17, 15) is 13.2 Å². The fourth-order valence-electron chi connectivity index (χ4n) is 1.91. The van der Waals surface area contributed by atoms with Gasteiger partial charge in [0, 0.05) is 30.7 Å². The van der Waals surface area contributed by atoms with E-state index in [1.54, 1.807) is 32.3 Å². The smallest absolute Gasteiger partial charge is 0.259 e. The van der Waals surface area contributed by atoms with Gasteiger partial charge in [0.1, 0.15) is 5.75 Å². The zero-order chi connectivity index (χ0) is 19.3. The predicted molar refractivity (Wildman–Crippen MR) is 101 cm³/mol. The molecule has 0 aromatic heterocycles. The number of sulfonamides is 1. The van der Waals surface area contributed by atoms with Crippen LogP contribution in [0.1, 0.15) is 5.56 Å². The van der Waals surface area contributed by atoms with Crippen molar-refractivity contribution in [2.75, 3.05) is 20.7 Å². The van der Waals surface area contributed by atoms with Crippen LogP contribution in [0.25, 0.3) is 0 Å². The number of ether oxygens (including phenoxy) is 1. The maximum absolute atomic E-state index is 12.4. The van der Waals surface area contributed by atoms with Gasteiger partial charge in [-0.1, -0.05) is 29.3 Å². The highest BCUT2D eigenvalue weighted by atomic mass is 35.5. The van der Waals surface area contributed by atoms with Crippen LogP contribution in [0.5, 0.6) is 5.75 Å². The number of benzene rings is 2. The third-order valence-electron chi connectivity index (χ3n) is 3.46. The number of hydrogen-bond acceptors (Lipinski definition) is 4. The second-order valence-corrected chi connectivity index (χ2v) is 8.22. The van der Waals surface area contributed by atoms with E-state index in [-0.39, 0.29) is 24.0 Å². The molecule has 0 aliphatic rings. The van der Waals surface area contributed by atoms with Crippen LogP contribution in [0, 0.1) is 0 Å². The highest BCUT2D eigenvalue weighted by Gasteiger charge is 2.15. The summed E-state index contributed by atoms with van der Waals surface area (Å²) in [6.07, 6.45) is 0. The Hall–Kier alpha value is -1.80. The Balaban J connectivity index is 2.01. The maximum Gasteiger partial charge on any atom is 0.259 e. The molecule has 0 atom stereocenters. The third kappa shape index (κ3) is 5.60. The number of rotatable bonds is 7. The van der Waals surface area contributed by atoms with Crippen molar-refractivity contribution in [3.05, 3.63) is 58.1 Å². The molecule has 0 saturated heterocycles. The van der Waals surface area contributed by atoms with E-state index < -0.39 is 10.0 Å². The number of carbonyl (C=O) groups is 1. The van der Waals surface area contributed by atoms with Crippen LogP contribution in [0.2, 0.25) is 10.0 Å². The zero-order valence-corrected chi connectivity index (χ0v) is 16.5. The molecule has 2 aromatic carbocycles. The topological polar surface area (TPSA) is 75.7 Å². The van der Waals surface area contributed by atoms with Gasteiger partial charge in [0.25, 0.3) is 5.91 Å². The lowest BCUT2D eigenvalue weighted by Crippen LogP contribution is -2.27. The van der Waals surface area contributed by atoms with Gasteiger partial charge in [0.05, 0.1) is 4.90 Å². The molecule has 0 heterocycles. The van der Waals surface area contributed by atoms with Crippen LogP contribution >= 0.6 is 23.2 Å². The van der Waals surface area contributed by atoms with E-state index in [1.807, 2.05) is 0 Å². The Morgan fingerprint density at radius 2 is 1.77 bits per heavy atom. The first kappa shape index (κ1) is 20.5. The average molecular weight is 417 g/mol. The third-order valence-corrected chi connectivity index (χ3v) is 5.47. The van der Waals surface area contributed by atoms with E-state index in [1.165, 1.54) is 29.2 Å². The van der Waals surface area contributed by atoms with Crippen LogP contribution in [0.4, 0.5) is 0 Å². The van der Waals surface area contributed by atoms with Crippen molar-refractivity contribution >= 4 is 39.1 Å². The van der Waals surface area contributed by atoms with Crippen molar-refractivity contribution in [3.8, 4) is 5.75 Å². The number of halogens is 2. The molecule has 1 N–H and O–H groups in total. The Bertz CT molecular complexity index is 884. The number of carbonyl (C=O) groups excluding carboxylic acids is 1. The summed E-state index contributed by atoms with van der Waals surface area (Å²) in [7, 11) is -0.469. The summed E-state index contributed by atoms with van der Waals surface area (Å²) in [5.74, 6) is 0.211. The minimum Gasteiger partial charge on any atom is -0.484 e. The Morgan fingerprint density at radius 1 is 1.12 bits per heavy atom. The average Bonchev–Trinajstić information content (AvgIpc) is 2.59. The van der Waals surface area contributed by atoms with Crippen molar-refractivity contribution in [1.29, 1.82) is 0 Å². The summed E-state index contributed by atoms with van der Waals surface area (Å²) in [5, 5.41) is 0.861. The standard InChI is InChI=1S/C17H18Cl2N2O4S/c1-21(2)17(22)11-25-14-5-7-15(8-6-14)26(23,24)20-10-12-3-4-13(18)9-16(12)19/h3-9,20H,10-11H2,1-2H3. The molecule has 0 bridgehead atoms. The van der Waals surface area contributed by atoms with Gasteiger partial charge in [-0.3, -0.25) is 4.79 Å². The first-order valence-corrected chi connectivity index (χ1v) is 9.79. The number of hydrogen-bond donors (Lipinski definition) is 1. The minimum atomic E-state index is -3.72. The summed E-state index contributed by atoms with van der Waals surface area (Å²) >= 11 is 11.9. The fraction of sp³-hybridized carbons (Fsp3) is 0.235. The molecular formula is C17H18Cl2N2O4S. The van der Waals surface area contributed by atoms with E-state index >= 15 is 0 Å². The van der Waals surface area contributed by atoms with Crippen LogP contribution in [0.15, 0.2) is 47.4 Å². The van der Waals surface area contributed by atoms with Crippen LogP contribution < -0.4 is 9.46 Å². The molecule has 6 nitrogen and oxygen atoms in total. The molecule has 0 fully saturated rings. The van der Waals surface area contributed by atoms with Gasteiger partial charge in [0.15, 0.2) is 6.61 Å². The molecule has 0 aliphatic heterocycles. The fourth-order valence-corrected chi connectivity index (χ4v) is 3.39. The molecule has 140 valence electrons.